The zero-order valence-electron chi connectivity index (χ0n) is 9.81. The molecule has 1 rings (SSSR count). The first-order valence-corrected chi connectivity index (χ1v) is 5.36. The van der Waals surface area contributed by atoms with Gasteiger partial charge in [0.2, 0.25) is 0 Å². The molecule has 1 atom stereocenters. The number of rotatable bonds is 5. The van der Waals surface area contributed by atoms with Gasteiger partial charge in [0.05, 0.1) is 6.42 Å². The predicted molar refractivity (Wildman–Crippen MR) is 71.3 cm³/mol. The monoisotopic (exact) mass is 240 g/mol. The van der Waals surface area contributed by atoms with Crippen LogP contribution in [0.1, 0.15) is 38.2 Å². The molecule has 90 valence electrons. The van der Waals surface area contributed by atoms with Crippen molar-refractivity contribution < 1.29 is 9.90 Å². The first kappa shape index (κ1) is 15.0. The van der Waals surface area contributed by atoms with E-state index in [2.05, 4.69) is 13.8 Å². The highest BCUT2D eigenvalue weighted by atomic mass is 32.1. The Morgan fingerprint density at radius 1 is 1.25 bits per heavy atom. The molecule has 0 aliphatic rings. The number of carbonyl (C=O) groups is 1. The van der Waals surface area contributed by atoms with Gasteiger partial charge in [-0.05, 0) is 23.8 Å². The van der Waals surface area contributed by atoms with E-state index in [1.807, 2.05) is 30.3 Å². The predicted octanol–water partition coefficient (Wildman–Crippen LogP) is 3.40. The second kappa shape index (κ2) is 7.34. The minimum absolute atomic E-state index is 0. The summed E-state index contributed by atoms with van der Waals surface area (Å²) in [5.41, 5.74) is 1.13. The smallest absolute Gasteiger partial charge is 0.303 e. The summed E-state index contributed by atoms with van der Waals surface area (Å²) >= 11 is 0. The minimum Gasteiger partial charge on any atom is -0.481 e. The molecule has 0 aliphatic carbocycles. The summed E-state index contributed by atoms with van der Waals surface area (Å²) in [6, 6.07) is 9.90. The van der Waals surface area contributed by atoms with E-state index in [0.717, 1.165) is 12.0 Å². The van der Waals surface area contributed by atoms with Crippen LogP contribution >= 0.6 is 13.5 Å². The molecular weight excluding hydrogens is 220 g/mol. The van der Waals surface area contributed by atoms with Crippen LogP contribution in [0.5, 0.6) is 0 Å². The Bertz CT molecular complexity index is 309. The third-order valence-electron chi connectivity index (χ3n) is 2.45. The Morgan fingerprint density at radius 2 is 1.81 bits per heavy atom. The highest BCUT2D eigenvalue weighted by molar-refractivity contribution is 7.59. The van der Waals surface area contributed by atoms with Crippen LogP contribution in [0.3, 0.4) is 0 Å². The molecule has 0 bridgehead atoms. The van der Waals surface area contributed by atoms with E-state index < -0.39 is 5.97 Å². The molecule has 1 aromatic rings. The van der Waals surface area contributed by atoms with E-state index in [1.54, 1.807) is 0 Å². The van der Waals surface area contributed by atoms with Gasteiger partial charge in [-0.25, -0.2) is 0 Å². The number of aliphatic carboxylic acids is 1. The van der Waals surface area contributed by atoms with Crippen LogP contribution in [0.25, 0.3) is 0 Å². The Morgan fingerprint density at radius 3 is 2.25 bits per heavy atom. The van der Waals surface area contributed by atoms with Gasteiger partial charge in [0, 0.05) is 0 Å². The molecular formula is C13H20O2S. The number of benzene rings is 1. The zero-order chi connectivity index (χ0) is 11.3. The quantitative estimate of drug-likeness (QED) is 0.856. The molecule has 1 N–H and O–H groups in total. The van der Waals surface area contributed by atoms with Crippen LogP contribution in [-0.4, -0.2) is 11.1 Å². The molecule has 0 radical (unpaired) electrons. The minimum atomic E-state index is -0.718. The van der Waals surface area contributed by atoms with Crippen molar-refractivity contribution in [1.29, 1.82) is 0 Å². The molecule has 0 spiro atoms. The first-order valence-electron chi connectivity index (χ1n) is 5.36. The molecule has 16 heavy (non-hydrogen) atoms. The fourth-order valence-electron chi connectivity index (χ4n) is 1.84. The molecule has 0 amide bonds. The molecule has 0 saturated heterocycles. The van der Waals surface area contributed by atoms with Gasteiger partial charge in [-0.3, -0.25) is 4.79 Å². The van der Waals surface area contributed by atoms with Gasteiger partial charge in [-0.1, -0.05) is 44.2 Å². The van der Waals surface area contributed by atoms with Gasteiger partial charge in [0.15, 0.2) is 0 Å². The zero-order valence-corrected chi connectivity index (χ0v) is 10.8. The van der Waals surface area contributed by atoms with Crippen molar-refractivity contribution in [2.75, 3.05) is 0 Å². The summed E-state index contributed by atoms with van der Waals surface area (Å²) in [6.45, 7) is 4.25. The van der Waals surface area contributed by atoms with Gasteiger partial charge >= 0.3 is 5.97 Å². The maximum Gasteiger partial charge on any atom is 0.303 e. The fraction of sp³-hybridized carbons (Fsp3) is 0.462. The van der Waals surface area contributed by atoms with Gasteiger partial charge in [-0.2, -0.15) is 13.5 Å². The van der Waals surface area contributed by atoms with Crippen LogP contribution in [0.2, 0.25) is 0 Å². The lowest BCUT2D eigenvalue weighted by atomic mass is 9.88. The summed E-state index contributed by atoms with van der Waals surface area (Å²) in [7, 11) is 0. The van der Waals surface area contributed by atoms with Crippen LogP contribution in [0.4, 0.5) is 0 Å². The Labute approximate surface area is 104 Å². The van der Waals surface area contributed by atoms with Crippen LogP contribution in [-0.2, 0) is 4.79 Å². The summed E-state index contributed by atoms with van der Waals surface area (Å²) in [5.74, 6) is -0.0530. The summed E-state index contributed by atoms with van der Waals surface area (Å²) in [4.78, 5) is 10.8. The third-order valence-corrected chi connectivity index (χ3v) is 2.45. The van der Waals surface area contributed by atoms with E-state index in [4.69, 9.17) is 5.11 Å². The largest absolute Gasteiger partial charge is 0.481 e. The van der Waals surface area contributed by atoms with Crippen molar-refractivity contribution >= 4 is 19.5 Å². The second-order valence-corrected chi connectivity index (χ2v) is 4.34. The standard InChI is InChI=1S/C13H18O2.H2S/c1-10(2)8-12(9-13(14)15)11-6-4-3-5-7-11;/h3-7,10,12H,8-9H2,1-2H3,(H,14,15);1H2/t12-;/m0./s1. The first-order chi connectivity index (χ1) is 7.09. The molecule has 0 fully saturated rings. The highest BCUT2D eigenvalue weighted by Gasteiger charge is 2.16. The van der Waals surface area contributed by atoms with Crippen molar-refractivity contribution in [3.05, 3.63) is 35.9 Å². The molecule has 1 aromatic carbocycles. The molecule has 2 nitrogen and oxygen atoms in total. The molecule has 0 unspecified atom stereocenters. The average molecular weight is 240 g/mol. The highest BCUT2D eigenvalue weighted by Crippen LogP contribution is 2.26. The summed E-state index contributed by atoms with van der Waals surface area (Å²) in [6.07, 6.45) is 1.15. The van der Waals surface area contributed by atoms with Crippen molar-refractivity contribution in [3.8, 4) is 0 Å². The number of hydrogen-bond donors (Lipinski definition) is 1. The molecule has 0 aromatic heterocycles. The van der Waals surface area contributed by atoms with E-state index in [1.165, 1.54) is 0 Å². The van der Waals surface area contributed by atoms with Gasteiger partial charge in [0.25, 0.3) is 0 Å². The summed E-state index contributed by atoms with van der Waals surface area (Å²) in [5, 5.41) is 8.86. The van der Waals surface area contributed by atoms with Crippen LogP contribution in [0.15, 0.2) is 30.3 Å². The molecule has 0 heterocycles. The van der Waals surface area contributed by atoms with E-state index in [0.29, 0.717) is 5.92 Å². The van der Waals surface area contributed by atoms with Crippen molar-refractivity contribution in [2.45, 2.75) is 32.6 Å². The second-order valence-electron chi connectivity index (χ2n) is 4.34. The van der Waals surface area contributed by atoms with Crippen molar-refractivity contribution in [1.82, 2.24) is 0 Å². The normalized spacial score (nSPS) is 11.9. The topological polar surface area (TPSA) is 37.3 Å². The number of hydrogen-bond acceptors (Lipinski definition) is 1. The lowest BCUT2D eigenvalue weighted by Gasteiger charge is -2.17. The van der Waals surface area contributed by atoms with Gasteiger partial charge < -0.3 is 5.11 Å². The van der Waals surface area contributed by atoms with Crippen LogP contribution < -0.4 is 0 Å². The lowest BCUT2D eigenvalue weighted by molar-refractivity contribution is -0.137. The fourth-order valence-corrected chi connectivity index (χ4v) is 1.84. The molecule has 0 saturated carbocycles. The van der Waals surface area contributed by atoms with Crippen molar-refractivity contribution in [2.24, 2.45) is 5.92 Å². The third kappa shape index (κ3) is 5.21. The maximum absolute atomic E-state index is 10.8. The van der Waals surface area contributed by atoms with Crippen molar-refractivity contribution in [3.63, 3.8) is 0 Å². The van der Waals surface area contributed by atoms with E-state index in [-0.39, 0.29) is 25.8 Å². The SMILES string of the molecule is CC(C)C[C@@H](CC(=O)O)c1ccccc1.S. The average Bonchev–Trinajstić information content (AvgIpc) is 2.17. The maximum atomic E-state index is 10.8. The van der Waals surface area contributed by atoms with E-state index in [9.17, 15) is 4.79 Å². The van der Waals surface area contributed by atoms with E-state index >= 15 is 0 Å². The number of carboxylic acid groups (broad SMARTS) is 1. The Kier molecular flexibility index (Phi) is 6.90. The molecule has 0 aliphatic heterocycles. The Hall–Kier alpha value is -0.960. The number of carboxylic acids is 1. The molecule has 3 heteroatoms. The lowest BCUT2D eigenvalue weighted by Crippen LogP contribution is -2.08. The Balaban J connectivity index is 0.00000225. The van der Waals surface area contributed by atoms with Gasteiger partial charge in [0.1, 0.15) is 0 Å². The van der Waals surface area contributed by atoms with Crippen LogP contribution in [0, 0.1) is 5.92 Å². The summed E-state index contributed by atoms with van der Waals surface area (Å²) < 4.78 is 0. The van der Waals surface area contributed by atoms with Gasteiger partial charge in [-0.15, -0.1) is 0 Å².